The highest BCUT2D eigenvalue weighted by Gasteiger charge is 2.56. The van der Waals surface area contributed by atoms with Crippen LogP contribution in [0.5, 0.6) is 0 Å². The Kier molecular flexibility index (Phi) is 1.16. The van der Waals surface area contributed by atoms with Crippen LogP contribution in [0, 0.1) is 17.8 Å². The number of hydrogen-bond donors (Lipinski definition) is 1. The molecule has 2 heteroatoms. The summed E-state index contributed by atoms with van der Waals surface area (Å²) in [5.41, 5.74) is 0. The molecule has 0 aromatic heterocycles. The Morgan fingerprint density at radius 1 is 1.27 bits per heavy atom. The fourth-order valence-electron chi connectivity index (χ4n) is 3.58. The molecule has 62 valence electrons. The molecule has 3 rings (SSSR count). The predicted octanol–water partition coefficient (Wildman–Crippen LogP) is 0.629. The van der Waals surface area contributed by atoms with E-state index in [0.717, 1.165) is 17.8 Å². The molecule has 3 aliphatic rings. The van der Waals surface area contributed by atoms with Crippen molar-refractivity contribution >= 4 is 0 Å². The molecule has 1 aliphatic heterocycles. The third kappa shape index (κ3) is 0.651. The first kappa shape index (κ1) is 6.44. The maximum absolute atomic E-state index is 5.51. The molecular weight excluding hydrogens is 138 g/mol. The average molecular weight is 153 g/mol. The minimum Gasteiger partial charge on any atom is -0.380 e. The van der Waals surface area contributed by atoms with Crippen LogP contribution in [0.3, 0.4) is 0 Å². The van der Waals surface area contributed by atoms with Gasteiger partial charge in [-0.25, -0.2) is 0 Å². The lowest BCUT2D eigenvalue weighted by molar-refractivity contribution is 0.0401. The summed E-state index contributed by atoms with van der Waals surface area (Å²) in [5.74, 6) is 2.84. The van der Waals surface area contributed by atoms with E-state index in [-0.39, 0.29) is 0 Å². The van der Waals surface area contributed by atoms with Crippen LogP contribution in [0.25, 0.3) is 0 Å². The maximum atomic E-state index is 5.51. The van der Waals surface area contributed by atoms with Crippen molar-refractivity contribution in [1.29, 1.82) is 0 Å². The molecule has 2 bridgehead atoms. The molecule has 11 heavy (non-hydrogen) atoms. The Morgan fingerprint density at radius 2 is 2.18 bits per heavy atom. The first-order valence-electron chi connectivity index (χ1n) is 4.66. The van der Waals surface area contributed by atoms with Gasteiger partial charge in [0.1, 0.15) is 0 Å². The molecule has 0 aromatic rings. The van der Waals surface area contributed by atoms with E-state index in [1.54, 1.807) is 0 Å². The highest BCUT2D eigenvalue weighted by molar-refractivity contribution is 5.09. The van der Waals surface area contributed by atoms with E-state index in [4.69, 9.17) is 4.74 Å². The van der Waals surface area contributed by atoms with Gasteiger partial charge in [0.15, 0.2) is 0 Å². The van der Waals surface area contributed by atoms with Crippen LogP contribution in [-0.2, 0) is 4.74 Å². The minimum absolute atomic E-state index is 0.541. The van der Waals surface area contributed by atoms with Crippen LogP contribution >= 0.6 is 0 Å². The molecule has 2 aliphatic carbocycles. The van der Waals surface area contributed by atoms with Crippen LogP contribution in [0.15, 0.2) is 0 Å². The third-order valence-electron chi connectivity index (χ3n) is 3.95. The quantitative estimate of drug-likeness (QED) is 0.596. The van der Waals surface area contributed by atoms with E-state index in [2.05, 4.69) is 5.32 Å². The summed E-state index contributed by atoms with van der Waals surface area (Å²) in [4.78, 5) is 0. The second kappa shape index (κ2) is 1.99. The number of fused-ring (bicyclic) bond motifs is 1. The van der Waals surface area contributed by atoms with Gasteiger partial charge in [-0.15, -0.1) is 0 Å². The summed E-state index contributed by atoms with van der Waals surface area (Å²) in [6, 6.07) is 0.712. The van der Waals surface area contributed by atoms with Crippen molar-refractivity contribution < 1.29 is 4.74 Å². The second-order valence-electron chi connectivity index (χ2n) is 4.29. The summed E-state index contributed by atoms with van der Waals surface area (Å²) in [6.45, 7) is 1.26. The molecule has 0 spiro atoms. The standard InChI is InChI=1S/C9H15NO/c1-11-9-5-2-6-4-10-8(9)7(6)3-5/h5-10H,2-4H2,1H3/t5-,6-,7-,8-,9+/m0/s1. The van der Waals surface area contributed by atoms with Gasteiger partial charge in [-0.05, 0) is 37.1 Å². The highest BCUT2D eigenvalue weighted by atomic mass is 16.5. The molecule has 2 nitrogen and oxygen atoms in total. The lowest BCUT2D eigenvalue weighted by Gasteiger charge is -2.26. The Morgan fingerprint density at radius 3 is 3.00 bits per heavy atom. The molecule has 0 aromatic carbocycles. The van der Waals surface area contributed by atoms with Crippen molar-refractivity contribution in [3.8, 4) is 0 Å². The Balaban J connectivity index is 1.92. The van der Waals surface area contributed by atoms with Crippen molar-refractivity contribution in [2.75, 3.05) is 13.7 Å². The van der Waals surface area contributed by atoms with Crippen molar-refractivity contribution in [2.45, 2.75) is 25.0 Å². The SMILES string of the molecule is CO[C@@H]1[C@H]2C[C@H]3CN[C@H]1[C@H]3C2. The largest absolute Gasteiger partial charge is 0.380 e. The second-order valence-corrected chi connectivity index (χ2v) is 4.29. The number of rotatable bonds is 1. The van der Waals surface area contributed by atoms with Gasteiger partial charge in [-0.2, -0.15) is 0 Å². The van der Waals surface area contributed by atoms with Gasteiger partial charge >= 0.3 is 0 Å². The topological polar surface area (TPSA) is 21.3 Å². The van der Waals surface area contributed by atoms with Crippen molar-refractivity contribution in [1.82, 2.24) is 5.32 Å². The highest BCUT2D eigenvalue weighted by Crippen LogP contribution is 2.52. The lowest BCUT2D eigenvalue weighted by Crippen LogP contribution is -2.38. The van der Waals surface area contributed by atoms with Crippen molar-refractivity contribution in [3.05, 3.63) is 0 Å². The van der Waals surface area contributed by atoms with Gasteiger partial charge in [-0.1, -0.05) is 0 Å². The van der Waals surface area contributed by atoms with Crippen LogP contribution < -0.4 is 5.32 Å². The van der Waals surface area contributed by atoms with E-state index >= 15 is 0 Å². The van der Waals surface area contributed by atoms with E-state index < -0.39 is 0 Å². The first-order chi connectivity index (χ1) is 5.40. The zero-order valence-electron chi connectivity index (χ0n) is 6.92. The van der Waals surface area contributed by atoms with Gasteiger partial charge in [-0.3, -0.25) is 0 Å². The number of hydrogen-bond acceptors (Lipinski definition) is 2. The molecule has 2 saturated carbocycles. The molecule has 0 amide bonds. The van der Waals surface area contributed by atoms with Crippen LogP contribution in [0.4, 0.5) is 0 Å². The predicted molar refractivity (Wildman–Crippen MR) is 42.3 cm³/mol. The molecule has 0 radical (unpaired) electrons. The summed E-state index contributed by atoms with van der Waals surface area (Å²) >= 11 is 0. The first-order valence-corrected chi connectivity index (χ1v) is 4.66. The van der Waals surface area contributed by atoms with Gasteiger partial charge < -0.3 is 10.1 Å². The smallest absolute Gasteiger partial charge is 0.0755 e. The molecular formula is C9H15NO. The lowest BCUT2D eigenvalue weighted by atomic mass is 9.88. The molecule has 1 heterocycles. The Bertz CT molecular complexity index is 180. The summed E-state index contributed by atoms with van der Waals surface area (Å²) in [5, 5.41) is 3.59. The molecule has 3 fully saturated rings. The molecule has 1 N–H and O–H groups in total. The summed E-state index contributed by atoms with van der Waals surface area (Å²) < 4.78 is 5.51. The molecule has 0 unspecified atom stereocenters. The fourth-order valence-corrected chi connectivity index (χ4v) is 3.58. The zero-order valence-corrected chi connectivity index (χ0v) is 6.92. The number of ether oxygens (including phenoxy) is 1. The van der Waals surface area contributed by atoms with Crippen LogP contribution in [-0.4, -0.2) is 25.8 Å². The Hall–Kier alpha value is -0.0800. The summed E-state index contributed by atoms with van der Waals surface area (Å²) in [6.07, 6.45) is 3.40. The van der Waals surface area contributed by atoms with Crippen molar-refractivity contribution in [3.63, 3.8) is 0 Å². The van der Waals surface area contributed by atoms with E-state index in [9.17, 15) is 0 Å². The normalized spacial score (nSPS) is 59.2. The number of nitrogens with one attached hydrogen (secondary N) is 1. The van der Waals surface area contributed by atoms with Crippen molar-refractivity contribution in [2.24, 2.45) is 17.8 Å². The van der Waals surface area contributed by atoms with Crippen LogP contribution in [0.2, 0.25) is 0 Å². The zero-order chi connectivity index (χ0) is 7.42. The third-order valence-corrected chi connectivity index (χ3v) is 3.95. The van der Waals surface area contributed by atoms with E-state index in [1.807, 2.05) is 7.11 Å². The molecule has 5 atom stereocenters. The Labute approximate surface area is 67.3 Å². The van der Waals surface area contributed by atoms with E-state index in [0.29, 0.717) is 12.1 Å². The van der Waals surface area contributed by atoms with Crippen LogP contribution in [0.1, 0.15) is 12.8 Å². The van der Waals surface area contributed by atoms with E-state index in [1.165, 1.54) is 19.4 Å². The van der Waals surface area contributed by atoms with Gasteiger partial charge in [0.05, 0.1) is 6.10 Å². The van der Waals surface area contributed by atoms with Gasteiger partial charge in [0.25, 0.3) is 0 Å². The molecule has 1 saturated heterocycles. The number of methoxy groups -OCH3 is 1. The van der Waals surface area contributed by atoms with Gasteiger partial charge in [0, 0.05) is 13.2 Å². The van der Waals surface area contributed by atoms with Gasteiger partial charge in [0.2, 0.25) is 0 Å². The fraction of sp³-hybridized carbons (Fsp3) is 1.00. The minimum atomic E-state index is 0.541. The average Bonchev–Trinajstić information content (AvgIpc) is 2.55. The summed E-state index contributed by atoms with van der Waals surface area (Å²) in [7, 11) is 1.86. The monoisotopic (exact) mass is 153 g/mol. The maximum Gasteiger partial charge on any atom is 0.0755 e.